The molecule has 0 aliphatic carbocycles. The molecule has 144 valence electrons. The van der Waals surface area contributed by atoms with E-state index in [1.165, 1.54) is 64.6 Å². The fraction of sp³-hybridized carbons (Fsp3) is 0.762. The monoisotopic (exact) mass is 352 g/mol. The highest BCUT2D eigenvalue weighted by molar-refractivity contribution is 5.81. The van der Waals surface area contributed by atoms with Crippen LogP contribution in [-0.2, 0) is 19.0 Å². The Balaban J connectivity index is 2.26. The second-order valence-electron chi connectivity index (χ2n) is 7.14. The van der Waals surface area contributed by atoms with Crippen LogP contribution in [0.25, 0.3) is 0 Å². The highest BCUT2D eigenvalue weighted by atomic mass is 16.7. The maximum Gasteiger partial charge on any atom is 0.330 e. The minimum Gasteiger partial charge on any atom is -0.466 e. The van der Waals surface area contributed by atoms with E-state index in [4.69, 9.17) is 9.47 Å². The zero-order chi connectivity index (χ0) is 18.5. The first-order valence-corrected chi connectivity index (χ1v) is 9.77. The maximum atomic E-state index is 11.3. The number of methoxy groups -OCH3 is 1. The van der Waals surface area contributed by atoms with E-state index in [2.05, 4.69) is 23.8 Å². The Labute approximate surface area is 153 Å². The van der Waals surface area contributed by atoms with Crippen LogP contribution in [0.3, 0.4) is 0 Å². The molecule has 4 heteroatoms. The van der Waals surface area contributed by atoms with Gasteiger partial charge in [0.2, 0.25) is 0 Å². The lowest BCUT2D eigenvalue weighted by atomic mass is 10.1. The molecular weight excluding hydrogens is 316 g/mol. The number of allylic oxidation sites excluding steroid dienone is 1. The zero-order valence-electron chi connectivity index (χ0n) is 16.5. The van der Waals surface area contributed by atoms with E-state index in [1.54, 1.807) is 6.08 Å². The van der Waals surface area contributed by atoms with Gasteiger partial charge in [0.15, 0.2) is 5.79 Å². The van der Waals surface area contributed by atoms with Crippen LogP contribution < -0.4 is 0 Å². The average molecular weight is 353 g/mol. The predicted molar refractivity (Wildman–Crippen MR) is 101 cm³/mol. The lowest BCUT2D eigenvalue weighted by molar-refractivity contribution is -0.139. The van der Waals surface area contributed by atoms with Crippen molar-refractivity contribution in [2.75, 3.05) is 7.11 Å². The van der Waals surface area contributed by atoms with E-state index in [-0.39, 0.29) is 18.2 Å². The first-order valence-electron chi connectivity index (χ1n) is 9.77. The third-order valence-electron chi connectivity index (χ3n) is 4.34. The van der Waals surface area contributed by atoms with Gasteiger partial charge in [-0.2, -0.15) is 0 Å². The standard InChI is InChI=1S/C21H36O4/c1-5-6-7-8-9-10-11-12-13-14-15-18-19(16-17-20(22)23-4)25-21(2,3)24-18/h14-19H,5-13H2,1-4H3/b15-14+,17-16+/t18-,19+/m0/s1. The van der Waals surface area contributed by atoms with Gasteiger partial charge in [0, 0.05) is 6.08 Å². The van der Waals surface area contributed by atoms with E-state index in [0.717, 1.165) is 6.42 Å². The molecule has 0 aromatic rings. The number of ether oxygens (including phenoxy) is 3. The van der Waals surface area contributed by atoms with Gasteiger partial charge in [-0.1, -0.05) is 64.0 Å². The number of unbranched alkanes of at least 4 members (excludes halogenated alkanes) is 8. The van der Waals surface area contributed by atoms with Crippen LogP contribution >= 0.6 is 0 Å². The summed E-state index contributed by atoms with van der Waals surface area (Å²) in [5.74, 6) is -1.02. The van der Waals surface area contributed by atoms with Gasteiger partial charge in [-0.3, -0.25) is 0 Å². The van der Waals surface area contributed by atoms with E-state index in [0.29, 0.717) is 0 Å². The minimum atomic E-state index is -0.640. The molecule has 1 aliphatic rings. The number of carbonyl (C=O) groups excluding carboxylic acids is 1. The molecule has 0 N–H and O–H groups in total. The molecule has 0 saturated carbocycles. The second kappa shape index (κ2) is 12.3. The summed E-state index contributed by atoms with van der Waals surface area (Å²) >= 11 is 0. The van der Waals surface area contributed by atoms with Crippen LogP contribution in [0.4, 0.5) is 0 Å². The maximum absolute atomic E-state index is 11.3. The Hall–Kier alpha value is -1.13. The molecule has 0 aromatic heterocycles. The van der Waals surface area contributed by atoms with Gasteiger partial charge >= 0.3 is 5.97 Å². The van der Waals surface area contributed by atoms with E-state index in [9.17, 15) is 4.79 Å². The third kappa shape index (κ3) is 9.81. The largest absolute Gasteiger partial charge is 0.466 e. The Morgan fingerprint density at radius 2 is 1.52 bits per heavy atom. The molecule has 25 heavy (non-hydrogen) atoms. The molecule has 0 radical (unpaired) electrons. The van der Waals surface area contributed by atoms with Crippen LogP contribution in [0.1, 0.15) is 78.6 Å². The van der Waals surface area contributed by atoms with Crippen LogP contribution in [0.15, 0.2) is 24.3 Å². The molecule has 0 amide bonds. The van der Waals surface area contributed by atoms with Gasteiger partial charge in [0.25, 0.3) is 0 Å². The highest BCUT2D eigenvalue weighted by Gasteiger charge is 2.38. The fourth-order valence-corrected chi connectivity index (χ4v) is 2.98. The minimum absolute atomic E-state index is 0.162. The summed E-state index contributed by atoms with van der Waals surface area (Å²) in [6, 6.07) is 0. The van der Waals surface area contributed by atoms with Crippen LogP contribution in [-0.4, -0.2) is 31.1 Å². The van der Waals surface area contributed by atoms with Crippen molar-refractivity contribution in [1.82, 2.24) is 0 Å². The number of rotatable bonds is 12. The van der Waals surface area contributed by atoms with Gasteiger partial charge in [-0.15, -0.1) is 0 Å². The number of carbonyl (C=O) groups is 1. The quantitative estimate of drug-likeness (QED) is 0.206. The molecule has 1 fully saturated rings. The predicted octanol–water partition coefficient (Wildman–Crippen LogP) is 5.32. The Morgan fingerprint density at radius 1 is 0.960 bits per heavy atom. The number of hydrogen-bond acceptors (Lipinski definition) is 4. The lowest BCUT2D eigenvalue weighted by Gasteiger charge is -2.15. The van der Waals surface area contributed by atoms with E-state index >= 15 is 0 Å². The molecule has 1 saturated heterocycles. The van der Waals surface area contributed by atoms with Gasteiger partial charge in [0.1, 0.15) is 12.2 Å². The molecular formula is C21H36O4. The summed E-state index contributed by atoms with van der Waals surface area (Å²) in [6.07, 6.45) is 18.6. The molecule has 4 nitrogen and oxygen atoms in total. The summed E-state index contributed by atoms with van der Waals surface area (Å²) in [5, 5.41) is 0. The van der Waals surface area contributed by atoms with Crippen molar-refractivity contribution in [1.29, 1.82) is 0 Å². The van der Waals surface area contributed by atoms with Crippen molar-refractivity contribution in [2.45, 2.75) is 96.6 Å². The zero-order valence-corrected chi connectivity index (χ0v) is 16.5. The van der Waals surface area contributed by atoms with Crippen molar-refractivity contribution >= 4 is 5.97 Å². The molecule has 2 atom stereocenters. The van der Waals surface area contributed by atoms with Crippen molar-refractivity contribution in [3.8, 4) is 0 Å². The Kier molecular flexibility index (Phi) is 10.7. The molecule has 1 rings (SSSR count). The molecule has 1 heterocycles. The summed E-state index contributed by atoms with van der Waals surface area (Å²) < 4.78 is 16.4. The summed E-state index contributed by atoms with van der Waals surface area (Å²) in [7, 11) is 1.36. The number of hydrogen-bond donors (Lipinski definition) is 0. The topological polar surface area (TPSA) is 44.8 Å². The SMILES string of the molecule is CCCCCCCCCC/C=C/[C@@H]1OC(C)(C)O[C@@H]1/C=C/C(=O)OC. The molecule has 0 bridgehead atoms. The molecule has 0 spiro atoms. The summed E-state index contributed by atoms with van der Waals surface area (Å²) in [6.45, 7) is 6.03. The van der Waals surface area contributed by atoms with Crippen molar-refractivity contribution < 1.29 is 19.0 Å². The molecule has 1 aliphatic heterocycles. The fourth-order valence-electron chi connectivity index (χ4n) is 2.98. The van der Waals surface area contributed by atoms with Crippen LogP contribution in [0.5, 0.6) is 0 Å². The van der Waals surface area contributed by atoms with Crippen molar-refractivity contribution in [2.24, 2.45) is 0 Å². The Morgan fingerprint density at radius 3 is 2.12 bits per heavy atom. The van der Waals surface area contributed by atoms with Crippen molar-refractivity contribution in [3.05, 3.63) is 24.3 Å². The highest BCUT2D eigenvalue weighted by Crippen LogP contribution is 2.29. The normalized spacial score (nSPS) is 22.9. The first kappa shape index (κ1) is 21.9. The number of esters is 1. The van der Waals surface area contributed by atoms with Gasteiger partial charge in [-0.25, -0.2) is 4.79 Å². The van der Waals surface area contributed by atoms with E-state index < -0.39 is 5.79 Å². The van der Waals surface area contributed by atoms with Crippen LogP contribution in [0.2, 0.25) is 0 Å². The average Bonchev–Trinajstić information content (AvgIpc) is 2.88. The van der Waals surface area contributed by atoms with Gasteiger partial charge < -0.3 is 14.2 Å². The summed E-state index contributed by atoms with van der Waals surface area (Å²) in [4.78, 5) is 11.3. The summed E-state index contributed by atoms with van der Waals surface area (Å²) in [5.41, 5.74) is 0. The van der Waals surface area contributed by atoms with Gasteiger partial charge in [0.05, 0.1) is 7.11 Å². The lowest BCUT2D eigenvalue weighted by Crippen LogP contribution is -2.20. The van der Waals surface area contributed by atoms with E-state index in [1.807, 2.05) is 13.8 Å². The van der Waals surface area contributed by atoms with Crippen molar-refractivity contribution in [3.63, 3.8) is 0 Å². The van der Waals surface area contributed by atoms with Gasteiger partial charge in [-0.05, 0) is 32.8 Å². The first-order chi connectivity index (χ1) is 12.0. The third-order valence-corrected chi connectivity index (χ3v) is 4.34. The molecule has 0 unspecified atom stereocenters. The smallest absolute Gasteiger partial charge is 0.330 e. The molecule has 0 aromatic carbocycles. The van der Waals surface area contributed by atoms with Crippen LogP contribution in [0, 0.1) is 0 Å². The second-order valence-corrected chi connectivity index (χ2v) is 7.14. The Bertz CT molecular complexity index is 426.